The van der Waals surface area contributed by atoms with Crippen molar-refractivity contribution in [2.24, 2.45) is 0 Å². The van der Waals surface area contributed by atoms with E-state index in [1.807, 2.05) is 24.3 Å². The molecule has 4 aromatic rings. The third-order valence-corrected chi connectivity index (χ3v) is 5.73. The maximum atomic E-state index is 12.7. The highest BCUT2D eigenvalue weighted by Gasteiger charge is 2.38. The Morgan fingerprint density at radius 2 is 1.83 bits per heavy atom. The second kappa shape index (κ2) is 9.65. The highest BCUT2D eigenvalue weighted by atomic mass is 19.4. The van der Waals surface area contributed by atoms with Gasteiger partial charge in [0.1, 0.15) is 5.82 Å². The van der Waals surface area contributed by atoms with Crippen molar-refractivity contribution >= 4 is 34.0 Å². The lowest BCUT2D eigenvalue weighted by Crippen LogP contribution is -2.38. The zero-order chi connectivity index (χ0) is 25.2. The van der Waals surface area contributed by atoms with Gasteiger partial charge >= 0.3 is 17.9 Å². The van der Waals surface area contributed by atoms with Gasteiger partial charge in [0, 0.05) is 17.5 Å². The molecular weight excluding hydrogens is 469 g/mol. The first kappa shape index (κ1) is 24.0. The summed E-state index contributed by atoms with van der Waals surface area (Å²) < 4.78 is 36.7. The number of aromatic amines is 2. The normalized spacial score (nSPS) is 18.1. The predicted molar refractivity (Wildman–Crippen MR) is 119 cm³/mol. The Bertz CT molecular complexity index is 1390. The van der Waals surface area contributed by atoms with E-state index in [1.54, 1.807) is 18.2 Å². The van der Waals surface area contributed by atoms with Gasteiger partial charge in [-0.2, -0.15) is 13.2 Å². The number of benzene rings is 2. The van der Waals surface area contributed by atoms with Crippen LogP contribution in [0, 0.1) is 0 Å². The van der Waals surface area contributed by atoms with Crippen LogP contribution in [0.25, 0.3) is 22.1 Å². The number of imidazole rings is 1. The molecule has 1 aliphatic rings. The number of H-pyrrole nitrogens is 2. The fraction of sp³-hybridized carbons (Fsp3) is 0.304. The van der Waals surface area contributed by atoms with Crippen LogP contribution < -0.4 is 11.1 Å². The van der Waals surface area contributed by atoms with Crippen LogP contribution in [0.4, 0.5) is 13.2 Å². The number of carboxylic acid groups (broad SMARTS) is 1. The summed E-state index contributed by atoms with van der Waals surface area (Å²) in [6.45, 7) is 0. The number of carboxylic acids is 1. The number of nitrogens with one attached hydrogen (secondary N) is 3. The summed E-state index contributed by atoms with van der Waals surface area (Å²) in [7, 11) is 0. The number of carbonyl (C=O) groups is 2. The van der Waals surface area contributed by atoms with Crippen molar-refractivity contribution in [1.29, 1.82) is 0 Å². The van der Waals surface area contributed by atoms with Crippen molar-refractivity contribution in [2.75, 3.05) is 0 Å². The van der Waals surface area contributed by atoms with E-state index in [2.05, 4.69) is 15.3 Å². The minimum atomic E-state index is -5.08. The van der Waals surface area contributed by atoms with E-state index in [4.69, 9.17) is 19.3 Å². The number of fused-ring (bicyclic) bond motifs is 2. The number of para-hydroxylation sites is 2. The number of nitrogens with zero attached hydrogens (tertiary/aromatic N) is 1. The Morgan fingerprint density at radius 1 is 1.09 bits per heavy atom. The summed E-state index contributed by atoms with van der Waals surface area (Å²) >= 11 is 0. The number of carbonyl (C=O) groups excluding carboxylic acids is 1. The highest BCUT2D eigenvalue weighted by Crippen LogP contribution is 2.32. The number of aromatic nitrogens is 3. The van der Waals surface area contributed by atoms with E-state index < -0.39 is 17.9 Å². The van der Waals surface area contributed by atoms with Crippen LogP contribution in [0.3, 0.4) is 0 Å². The van der Waals surface area contributed by atoms with Crippen LogP contribution in [0.5, 0.6) is 0 Å². The molecule has 0 unspecified atom stereocenters. The second-order valence-electron chi connectivity index (χ2n) is 8.20. The van der Waals surface area contributed by atoms with Gasteiger partial charge in [-0.05, 0) is 49.6 Å². The smallest absolute Gasteiger partial charge is 0.475 e. The van der Waals surface area contributed by atoms with Crippen LogP contribution in [0.2, 0.25) is 0 Å². The molecule has 0 radical (unpaired) electrons. The van der Waals surface area contributed by atoms with Gasteiger partial charge in [0.05, 0.1) is 16.6 Å². The maximum absolute atomic E-state index is 12.7. The monoisotopic (exact) mass is 490 g/mol. The molecule has 4 N–H and O–H groups in total. The molecular formula is C23H21F3N4O5. The van der Waals surface area contributed by atoms with Crippen LogP contribution in [0.1, 0.15) is 47.8 Å². The van der Waals surface area contributed by atoms with Gasteiger partial charge in [0.25, 0.3) is 5.91 Å². The molecule has 0 bridgehead atoms. The lowest BCUT2D eigenvalue weighted by Gasteiger charge is -2.28. The first-order chi connectivity index (χ1) is 16.6. The maximum Gasteiger partial charge on any atom is 0.490 e. The molecule has 1 fully saturated rings. The van der Waals surface area contributed by atoms with Crippen molar-refractivity contribution in [2.45, 2.75) is 43.8 Å². The molecule has 1 saturated carbocycles. The van der Waals surface area contributed by atoms with Crippen LogP contribution in [0.15, 0.2) is 51.7 Å². The number of halogens is 3. The third kappa shape index (κ3) is 5.70. The van der Waals surface area contributed by atoms with Gasteiger partial charge in [-0.25, -0.2) is 14.6 Å². The Kier molecular flexibility index (Phi) is 6.63. The van der Waals surface area contributed by atoms with Gasteiger partial charge in [-0.15, -0.1) is 0 Å². The average Bonchev–Trinajstić information content (AvgIpc) is 3.41. The number of rotatable bonds is 3. The van der Waals surface area contributed by atoms with Crippen molar-refractivity contribution in [3.8, 4) is 0 Å². The number of alkyl halides is 3. The van der Waals surface area contributed by atoms with Gasteiger partial charge in [-0.1, -0.05) is 18.6 Å². The molecule has 5 rings (SSSR count). The lowest BCUT2D eigenvalue weighted by molar-refractivity contribution is -0.192. The molecule has 0 aliphatic heterocycles. The fourth-order valence-corrected chi connectivity index (χ4v) is 4.10. The molecule has 2 aromatic carbocycles. The largest absolute Gasteiger partial charge is 0.490 e. The zero-order valence-corrected chi connectivity index (χ0v) is 18.2. The van der Waals surface area contributed by atoms with Crippen molar-refractivity contribution in [1.82, 2.24) is 20.3 Å². The van der Waals surface area contributed by atoms with Gasteiger partial charge in [-0.3, -0.25) is 9.78 Å². The SMILES string of the molecule is O=C(N[C@@H]1CCC[C@H](c2nc3ccccc3[nH]2)C1)c1ccc2oc(=O)[nH]c2c1.O=C(O)C(F)(F)F. The van der Waals surface area contributed by atoms with Gasteiger partial charge in [0.15, 0.2) is 5.58 Å². The Labute approximate surface area is 195 Å². The molecule has 0 saturated heterocycles. The average molecular weight is 490 g/mol. The van der Waals surface area contributed by atoms with E-state index in [0.29, 0.717) is 22.6 Å². The number of aliphatic carboxylic acids is 1. The molecule has 1 amide bonds. The summed E-state index contributed by atoms with van der Waals surface area (Å²) in [5, 5.41) is 10.3. The van der Waals surface area contributed by atoms with Crippen molar-refractivity contribution in [3.05, 3.63) is 64.4 Å². The summed E-state index contributed by atoms with van der Waals surface area (Å²) in [6, 6.07) is 13.1. The highest BCUT2D eigenvalue weighted by molar-refractivity contribution is 5.97. The Balaban J connectivity index is 0.000000364. The number of hydrogen-bond donors (Lipinski definition) is 4. The van der Waals surface area contributed by atoms with Crippen LogP contribution >= 0.6 is 0 Å². The minimum Gasteiger partial charge on any atom is -0.475 e. The lowest BCUT2D eigenvalue weighted by atomic mass is 9.85. The molecule has 2 atom stereocenters. The molecule has 2 heterocycles. The standard InChI is InChI=1S/C21H20N4O3.C2HF3O2/c26-20(13-8-9-18-17(11-13)25-21(27)28-18)22-14-5-3-4-12(10-14)19-23-15-6-1-2-7-16(15)24-19;3-2(4,5)1(6)7/h1-2,6-9,11-12,14H,3-5,10H2,(H,22,26)(H,23,24)(H,25,27);(H,6,7)/t12-,14+;/m0./s1. The molecule has 9 nitrogen and oxygen atoms in total. The Hall–Kier alpha value is -4.09. The second-order valence-corrected chi connectivity index (χ2v) is 8.20. The van der Waals surface area contributed by atoms with E-state index in [9.17, 15) is 22.8 Å². The van der Waals surface area contributed by atoms with Gasteiger partial charge in [0.2, 0.25) is 0 Å². The number of oxazole rings is 1. The molecule has 12 heteroatoms. The van der Waals surface area contributed by atoms with Crippen LogP contribution in [-0.2, 0) is 4.79 Å². The molecule has 35 heavy (non-hydrogen) atoms. The molecule has 0 spiro atoms. The van der Waals surface area contributed by atoms with E-state index >= 15 is 0 Å². The minimum absolute atomic E-state index is 0.0959. The van der Waals surface area contributed by atoms with E-state index in [1.165, 1.54) is 0 Å². The topological polar surface area (TPSA) is 141 Å². The Morgan fingerprint density at radius 3 is 2.54 bits per heavy atom. The number of amides is 1. The van der Waals surface area contributed by atoms with E-state index in [0.717, 1.165) is 42.5 Å². The van der Waals surface area contributed by atoms with Crippen molar-refractivity contribution in [3.63, 3.8) is 0 Å². The quantitative estimate of drug-likeness (QED) is 0.341. The molecule has 2 aromatic heterocycles. The fourth-order valence-electron chi connectivity index (χ4n) is 4.10. The van der Waals surface area contributed by atoms with Crippen LogP contribution in [-0.4, -0.2) is 44.2 Å². The number of hydrogen-bond acceptors (Lipinski definition) is 5. The van der Waals surface area contributed by atoms with Crippen molar-refractivity contribution < 1.29 is 32.3 Å². The summed E-state index contributed by atoms with van der Waals surface area (Å²) in [5.74, 6) is -2.11. The summed E-state index contributed by atoms with van der Waals surface area (Å²) in [4.78, 5) is 43.6. The molecule has 184 valence electrons. The summed E-state index contributed by atoms with van der Waals surface area (Å²) in [5.41, 5.74) is 3.51. The first-order valence-corrected chi connectivity index (χ1v) is 10.8. The predicted octanol–water partition coefficient (Wildman–Crippen LogP) is 4.09. The first-order valence-electron chi connectivity index (χ1n) is 10.8. The van der Waals surface area contributed by atoms with Gasteiger partial charge < -0.3 is 19.8 Å². The molecule has 1 aliphatic carbocycles. The summed E-state index contributed by atoms with van der Waals surface area (Å²) in [6.07, 6.45) is -1.17. The van der Waals surface area contributed by atoms with E-state index in [-0.39, 0.29) is 11.9 Å². The zero-order valence-electron chi connectivity index (χ0n) is 18.2. The third-order valence-electron chi connectivity index (χ3n) is 5.73.